The van der Waals surface area contributed by atoms with Crippen molar-refractivity contribution in [2.75, 3.05) is 14.1 Å². The number of hydrogen-bond donors (Lipinski definition) is 2. The molecule has 0 bridgehead atoms. The van der Waals surface area contributed by atoms with Gasteiger partial charge < -0.3 is 19.8 Å². The minimum absolute atomic E-state index is 0.0972. The maximum absolute atomic E-state index is 12.7. The summed E-state index contributed by atoms with van der Waals surface area (Å²) in [7, 11) is 6.42. The van der Waals surface area contributed by atoms with Crippen LogP contribution in [0.2, 0.25) is 0 Å². The molecule has 2 heterocycles. The van der Waals surface area contributed by atoms with Gasteiger partial charge in [-0.25, -0.2) is 8.78 Å². The molecule has 11 heteroatoms. The first-order valence-corrected chi connectivity index (χ1v) is 12.7. The fourth-order valence-corrected chi connectivity index (χ4v) is 3.47. The summed E-state index contributed by atoms with van der Waals surface area (Å²) in [6, 6.07) is 7.54. The molecule has 0 radical (unpaired) electrons. The van der Waals surface area contributed by atoms with E-state index in [9.17, 15) is 28.0 Å². The summed E-state index contributed by atoms with van der Waals surface area (Å²) in [5.41, 5.74) is -1.17. The third-order valence-corrected chi connectivity index (χ3v) is 5.83. The van der Waals surface area contributed by atoms with E-state index in [1.165, 1.54) is 49.2 Å². The van der Waals surface area contributed by atoms with Crippen LogP contribution in [-0.4, -0.2) is 35.0 Å². The van der Waals surface area contributed by atoms with Crippen LogP contribution in [-0.2, 0) is 29.6 Å². The number of nitriles is 1. The quantitative estimate of drug-likeness (QED) is 0.607. The number of alkyl halides is 2. The molecule has 1 aliphatic rings. The molecule has 0 spiro atoms. The van der Waals surface area contributed by atoms with Gasteiger partial charge >= 0.3 is 0 Å². The Kier molecular flexibility index (Phi) is 15.9. The van der Waals surface area contributed by atoms with E-state index in [2.05, 4.69) is 10.6 Å². The first-order chi connectivity index (χ1) is 18.2. The molecule has 1 saturated carbocycles. The van der Waals surface area contributed by atoms with Crippen molar-refractivity contribution in [3.8, 4) is 6.07 Å². The first kappa shape index (κ1) is 35.2. The van der Waals surface area contributed by atoms with Gasteiger partial charge in [-0.1, -0.05) is 33.1 Å². The highest BCUT2D eigenvalue weighted by Gasteiger charge is 2.27. The van der Waals surface area contributed by atoms with Gasteiger partial charge in [0, 0.05) is 59.3 Å². The van der Waals surface area contributed by atoms with Gasteiger partial charge in [0.2, 0.25) is 11.8 Å². The van der Waals surface area contributed by atoms with Gasteiger partial charge in [0.15, 0.2) is 0 Å². The van der Waals surface area contributed by atoms with Gasteiger partial charge in [-0.2, -0.15) is 5.26 Å². The lowest BCUT2D eigenvalue weighted by atomic mass is 9.89. The molecule has 0 saturated heterocycles. The SMILES string of the molecule is CNC(=O)C(C)C.CNC(=O)C1CCCCC1.Cn1cccc(C#N)c1=O.Cn1cccc(C(C)(F)F)c1=O. The summed E-state index contributed by atoms with van der Waals surface area (Å²) in [6.45, 7) is 4.43. The average Bonchev–Trinajstić information content (AvgIpc) is 2.91. The second-order valence-electron chi connectivity index (χ2n) is 9.39. The molecule has 0 aliphatic heterocycles. The standard InChI is InChI=1S/C8H9F2NO.C8H15NO.C7H6N2O.C5H11NO/c1-8(9,10)6-4-3-5-11(2)7(6)12;1-9-8(10)7-5-3-2-4-6-7;1-9-4-2-3-6(5-8)7(9)10;1-4(2)5(7)6-3/h3-5H,1-2H3;7H,2-6H2,1H3,(H,9,10);2-4H,1H3;4H,1-3H3,(H,6,7). The average molecular weight is 550 g/mol. The van der Waals surface area contributed by atoms with Gasteiger partial charge in [-0.3, -0.25) is 19.2 Å². The molecule has 1 aliphatic carbocycles. The third-order valence-electron chi connectivity index (χ3n) is 5.83. The largest absolute Gasteiger partial charge is 0.359 e. The lowest BCUT2D eigenvalue weighted by Crippen LogP contribution is -2.28. The molecule has 1 fully saturated rings. The van der Waals surface area contributed by atoms with Gasteiger partial charge in [0.1, 0.15) is 11.6 Å². The smallest absolute Gasteiger partial charge is 0.275 e. The number of carbonyl (C=O) groups is 2. The number of carbonyl (C=O) groups excluding carboxylic acids is 2. The normalized spacial score (nSPS) is 12.7. The number of aryl methyl sites for hydroxylation is 2. The van der Waals surface area contributed by atoms with Crippen LogP contribution >= 0.6 is 0 Å². The van der Waals surface area contributed by atoms with Crippen LogP contribution < -0.4 is 21.8 Å². The number of pyridine rings is 2. The third kappa shape index (κ3) is 13.0. The van der Waals surface area contributed by atoms with Gasteiger partial charge in [-0.05, 0) is 37.1 Å². The summed E-state index contributed by atoms with van der Waals surface area (Å²) in [4.78, 5) is 43.5. The van der Waals surface area contributed by atoms with Crippen LogP contribution in [0.4, 0.5) is 8.78 Å². The number of aromatic nitrogens is 2. The number of halogens is 2. The number of nitrogens with one attached hydrogen (secondary N) is 2. The maximum Gasteiger partial charge on any atom is 0.275 e. The molecule has 39 heavy (non-hydrogen) atoms. The molecule has 2 N–H and O–H groups in total. The number of rotatable bonds is 3. The zero-order valence-corrected chi connectivity index (χ0v) is 23.9. The van der Waals surface area contributed by atoms with Crippen molar-refractivity contribution in [1.29, 1.82) is 5.26 Å². The summed E-state index contributed by atoms with van der Waals surface area (Å²) in [6.07, 6.45) is 9.03. The van der Waals surface area contributed by atoms with Crippen LogP contribution in [0, 0.1) is 23.2 Å². The second-order valence-corrected chi connectivity index (χ2v) is 9.39. The fourth-order valence-electron chi connectivity index (χ4n) is 3.47. The van der Waals surface area contributed by atoms with E-state index in [1.807, 2.05) is 13.8 Å². The highest BCUT2D eigenvalue weighted by molar-refractivity contribution is 5.78. The molecule has 216 valence electrons. The molecule has 2 aromatic rings. The summed E-state index contributed by atoms with van der Waals surface area (Å²) < 4.78 is 27.9. The van der Waals surface area contributed by atoms with Crippen molar-refractivity contribution < 1.29 is 18.4 Å². The molecule has 0 aromatic carbocycles. The van der Waals surface area contributed by atoms with E-state index >= 15 is 0 Å². The Labute approximate surface area is 228 Å². The predicted octanol–water partition coefficient (Wildman–Crippen LogP) is 3.46. The number of amides is 2. The zero-order chi connectivity index (χ0) is 30.2. The number of nitrogens with zero attached hydrogens (tertiary/aromatic N) is 3. The van der Waals surface area contributed by atoms with Crippen molar-refractivity contribution in [2.45, 2.75) is 58.8 Å². The van der Waals surface area contributed by atoms with Crippen molar-refractivity contribution in [3.63, 3.8) is 0 Å². The lowest BCUT2D eigenvalue weighted by Gasteiger charge is -2.19. The van der Waals surface area contributed by atoms with Crippen LogP contribution in [0.1, 0.15) is 64.0 Å². The topological polar surface area (TPSA) is 126 Å². The molecule has 9 nitrogen and oxygen atoms in total. The molecular weight excluding hydrogens is 508 g/mol. The van der Waals surface area contributed by atoms with Crippen molar-refractivity contribution in [2.24, 2.45) is 25.9 Å². The Morgan fingerprint density at radius 1 is 0.974 bits per heavy atom. The van der Waals surface area contributed by atoms with Crippen LogP contribution in [0.25, 0.3) is 0 Å². The van der Waals surface area contributed by atoms with E-state index in [0.29, 0.717) is 12.8 Å². The van der Waals surface area contributed by atoms with Crippen LogP contribution in [0.5, 0.6) is 0 Å². The van der Waals surface area contributed by atoms with Gasteiger partial charge in [0.05, 0.1) is 5.56 Å². The second kappa shape index (κ2) is 17.7. The Morgan fingerprint density at radius 3 is 1.85 bits per heavy atom. The number of hydrogen-bond acceptors (Lipinski definition) is 5. The van der Waals surface area contributed by atoms with Gasteiger partial charge in [0.25, 0.3) is 17.0 Å². The first-order valence-electron chi connectivity index (χ1n) is 12.7. The maximum atomic E-state index is 12.7. The monoisotopic (exact) mass is 549 g/mol. The predicted molar refractivity (Wildman–Crippen MR) is 147 cm³/mol. The van der Waals surface area contributed by atoms with Crippen molar-refractivity contribution in [1.82, 2.24) is 19.8 Å². The molecular formula is C28H41F2N5O4. The highest BCUT2D eigenvalue weighted by atomic mass is 19.3. The minimum Gasteiger partial charge on any atom is -0.359 e. The van der Waals surface area contributed by atoms with E-state index < -0.39 is 17.0 Å². The lowest BCUT2D eigenvalue weighted by molar-refractivity contribution is -0.125. The Bertz CT molecular complexity index is 1200. The summed E-state index contributed by atoms with van der Waals surface area (Å²) >= 11 is 0. The Hall–Kier alpha value is -3.81. The van der Waals surface area contributed by atoms with Crippen LogP contribution in [0.15, 0.2) is 46.2 Å². The van der Waals surface area contributed by atoms with E-state index in [0.717, 1.165) is 23.5 Å². The Balaban J connectivity index is 0.000000502. The van der Waals surface area contributed by atoms with E-state index in [-0.39, 0.29) is 28.9 Å². The highest BCUT2D eigenvalue weighted by Crippen LogP contribution is 2.23. The van der Waals surface area contributed by atoms with Crippen molar-refractivity contribution >= 4 is 11.8 Å². The molecule has 3 rings (SSSR count). The van der Waals surface area contributed by atoms with E-state index in [4.69, 9.17) is 5.26 Å². The van der Waals surface area contributed by atoms with E-state index in [1.54, 1.807) is 39.5 Å². The molecule has 0 unspecified atom stereocenters. The Morgan fingerprint density at radius 2 is 1.49 bits per heavy atom. The summed E-state index contributed by atoms with van der Waals surface area (Å²) in [5, 5.41) is 13.6. The molecule has 2 aromatic heterocycles. The minimum atomic E-state index is -3.06. The van der Waals surface area contributed by atoms with Gasteiger partial charge in [-0.15, -0.1) is 0 Å². The van der Waals surface area contributed by atoms with Crippen LogP contribution in [0.3, 0.4) is 0 Å². The molecule has 0 atom stereocenters. The fraction of sp³-hybridized carbons (Fsp3) is 0.536. The zero-order valence-electron chi connectivity index (χ0n) is 23.9. The van der Waals surface area contributed by atoms with Crippen molar-refractivity contribution in [3.05, 3.63) is 68.5 Å². The summed E-state index contributed by atoms with van der Waals surface area (Å²) in [5.74, 6) is -2.29. The molecule has 2 amide bonds.